The van der Waals surface area contributed by atoms with E-state index in [1.165, 1.54) is 39.2 Å². The maximum atomic E-state index is 12.9. The van der Waals surface area contributed by atoms with E-state index in [4.69, 9.17) is 23.7 Å². The fraction of sp³-hybridized carbons (Fsp3) is 0.947. The second-order valence-electron chi connectivity index (χ2n) is 18.3. The Hall–Kier alpha value is -1.42. The smallest absolute Gasteiger partial charge is 0.438 e. The number of hydrogen-bond donors (Lipinski definition) is 1. The molecule has 2 aliphatic heterocycles. The van der Waals surface area contributed by atoms with Crippen molar-refractivity contribution in [2.24, 2.45) is 56.7 Å². The lowest BCUT2D eigenvalue weighted by Gasteiger charge is -2.64. The monoisotopic (exact) mass is 657 g/mol. The standard InChI is InChI=1S/C38H59NO8/c1-22-17-24(20-45-33(42)43-6)46-31-30(22)35(4)13-14-38-21-37(38)12-11-27(34(2,3)25(37)9-10-26(38)36(35,5)32(31)41)47-29-19-39(15-16-44-29)28(40)18-23-7-8-23/h22-27,29-32,41H,7-21H2,1-6H3/t22-,24+,25+,26+,27+,29+,30+,31+,32+,35-,36-,37-,38+/m1/s1. The first kappa shape index (κ1) is 32.8. The maximum absolute atomic E-state index is 12.9. The molecule has 9 heteroatoms. The number of aliphatic hydroxyl groups is 1. The normalized spacial score (nSPS) is 51.0. The summed E-state index contributed by atoms with van der Waals surface area (Å²) < 4.78 is 29.6. The summed E-state index contributed by atoms with van der Waals surface area (Å²) in [5, 5.41) is 12.4. The van der Waals surface area contributed by atoms with Crippen molar-refractivity contribution in [3.63, 3.8) is 0 Å². The molecule has 47 heavy (non-hydrogen) atoms. The summed E-state index contributed by atoms with van der Waals surface area (Å²) in [6.07, 6.45) is 10.1. The molecule has 2 heterocycles. The first-order valence-corrected chi connectivity index (χ1v) is 18.9. The van der Waals surface area contributed by atoms with E-state index < -0.39 is 12.3 Å². The van der Waals surface area contributed by atoms with Crippen molar-refractivity contribution in [2.75, 3.05) is 33.4 Å². The fourth-order valence-corrected chi connectivity index (χ4v) is 13.8. The van der Waals surface area contributed by atoms with Crippen molar-refractivity contribution in [3.05, 3.63) is 0 Å². The van der Waals surface area contributed by atoms with Crippen molar-refractivity contribution >= 4 is 12.1 Å². The largest absolute Gasteiger partial charge is 0.508 e. The van der Waals surface area contributed by atoms with Gasteiger partial charge in [-0.1, -0.05) is 34.6 Å². The number of hydrogen-bond acceptors (Lipinski definition) is 8. The van der Waals surface area contributed by atoms with E-state index in [2.05, 4.69) is 34.6 Å². The zero-order valence-electron chi connectivity index (χ0n) is 29.6. The molecule has 8 aliphatic rings. The molecule has 2 spiro atoms. The molecule has 0 aromatic heterocycles. The lowest BCUT2D eigenvalue weighted by atomic mass is 9.41. The minimum absolute atomic E-state index is 0.00476. The number of aliphatic hydroxyl groups excluding tert-OH is 1. The molecular weight excluding hydrogens is 598 g/mol. The third-order valence-electron chi connectivity index (χ3n) is 16.2. The number of carbonyl (C=O) groups is 2. The third kappa shape index (κ3) is 4.60. The summed E-state index contributed by atoms with van der Waals surface area (Å²) in [7, 11) is 1.32. The molecule has 0 aromatic carbocycles. The molecule has 0 bridgehead atoms. The predicted molar refractivity (Wildman–Crippen MR) is 173 cm³/mol. The third-order valence-corrected chi connectivity index (χ3v) is 16.2. The molecule has 0 radical (unpaired) electrons. The van der Waals surface area contributed by atoms with Crippen molar-refractivity contribution < 1.29 is 38.4 Å². The molecule has 1 amide bonds. The van der Waals surface area contributed by atoms with Gasteiger partial charge in [-0.3, -0.25) is 4.79 Å². The van der Waals surface area contributed by atoms with Gasteiger partial charge < -0.3 is 33.7 Å². The molecule has 13 atom stereocenters. The van der Waals surface area contributed by atoms with Gasteiger partial charge in [0.1, 0.15) is 6.61 Å². The van der Waals surface area contributed by atoms with E-state index in [0.29, 0.717) is 55.2 Å². The minimum Gasteiger partial charge on any atom is -0.438 e. The summed E-state index contributed by atoms with van der Waals surface area (Å²) in [4.78, 5) is 26.6. The van der Waals surface area contributed by atoms with E-state index >= 15 is 0 Å². The quantitative estimate of drug-likeness (QED) is 0.350. The number of rotatable bonds is 6. The highest BCUT2D eigenvalue weighted by Gasteiger charge is 2.84. The zero-order valence-corrected chi connectivity index (χ0v) is 29.6. The number of methoxy groups -OCH3 is 1. The average molecular weight is 658 g/mol. The molecule has 0 unspecified atom stereocenters. The van der Waals surface area contributed by atoms with Gasteiger partial charge in [0.25, 0.3) is 0 Å². The maximum Gasteiger partial charge on any atom is 0.508 e. The van der Waals surface area contributed by atoms with Gasteiger partial charge >= 0.3 is 6.16 Å². The van der Waals surface area contributed by atoms with Gasteiger partial charge in [0.05, 0.1) is 44.7 Å². The van der Waals surface area contributed by atoms with Crippen LogP contribution in [0.3, 0.4) is 0 Å². The van der Waals surface area contributed by atoms with Crippen molar-refractivity contribution in [2.45, 2.75) is 136 Å². The van der Waals surface area contributed by atoms with Gasteiger partial charge in [-0.05, 0) is 115 Å². The van der Waals surface area contributed by atoms with Crippen LogP contribution in [0, 0.1) is 56.7 Å². The van der Waals surface area contributed by atoms with Crippen LogP contribution < -0.4 is 0 Å². The van der Waals surface area contributed by atoms with Crippen molar-refractivity contribution in [3.8, 4) is 0 Å². The van der Waals surface area contributed by atoms with E-state index in [1.54, 1.807) is 0 Å². The second kappa shape index (κ2) is 11.0. The number of morpholine rings is 1. The topological polar surface area (TPSA) is 104 Å². The van der Waals surface area contributed by atoms with Gasteiger partial charge in [0.2, 0.25) is 5.91 Å². The number of carbonyl (C=O) groups excluding carboxylic acids is 2. The van der Waals surface area contributed by atoms with Crippen LogP contribution in [-0.2, 0) is 28.5 Å². The lowest BCUT2D eigenvalue weighted by molar-refractivity contribution is -0.248. The second-order valence-corrected chi connectivity index (χ2v) is 18.3. The highest BCUT2D eigenvalue weighted by molar-refractivity contribution is 5.76. The van der Waals surface area contributed by atoms with Gasteiger partial charge in [0, 0.05) is 18.4 Å². The van der Waals surface area contributed by atoms with Crippen LogP contribution in [0.2, 0.25) is 0 Å². The van der Waals surface area contributed by atoms with Gasteiger partial charge in [-0.15, -0.1) is 0 Å². The molecule has 6 aliphatic carbocycles. The average Bonchev–Trinajstić information content (AvgIpc) is 3.96. The number of fused-ring (bicyclic) bond motifs is 4. The molecule has 0 aromatic rings. The molecule has 2 saturated heterocycles. The van der Waals surface area contributed by atoms with Crippen LogP contribution in [0.5, 0.6) is 0 Å². The van der Waals surface area contributed by atoms with E-state index in [9.17, 15) is 14.7 Å². The Morgan fingerprint density at radius 2 is 1.72 bits per heavy atom. The molecule has 1 N–H and O–H groups in total. The fourth-order valence-electron chi connectivity index (χ4n) is 13.8. The summed E-state index contributed by atoms with van der Waals surface area (Å²) in [6.45, 7) is 14.0. The van der Waals surface area contributed by atoms with Crippen LogP contribution >= 0.6 is 0 Å². The number of nitrogens with zero attached hydrogens (tertiary/aromatic N) is 1. The van der Waals surface area contributed by atoms with Gasteiger partial charge in [-0.25, -0.2) is 4.79 Å². The Morgan fingerprint density at radius 3 is 2.47 bits per heavy atom. The van der Waals surface area contributed by atoms with Crippen LogP contribution in [-0.4, -0.2) is 86.2 Å². The predicted octanol–water partition coefficient (Wildman–Crippen LogP) is 5.95. The van der Waals surface area contributed by atoms with Crippen molar-refractivity contribution in [1.29, 1.82) is 0 Å². The van der Waals surface area contributed by atoms with Crippen molar-refractivity contribution in [1.82, 2.24) is 4.90 Å². The van der Waals surface area contributed by atoms with Crippen LogP contribution in [0.15, 0.2) is 0 Å². The summed E-state index contributed by atoms with van der Waals surface area (Å²) >= 11 is 0. The Labute approximate surface area is 281 Å². The highest BCUT2D eigenvalue weighted by Crippen LogP contribution is 2.89. The van der Waals surface area contributed by atoms with Gasteiger partial charge in [0.15, 0.2) is 6.29 Å². The minimum atomic E-state index is -0.684. The van der Waals surface area contributed by atoms with Crippen LogP contribution in [0.25, 0.3) is 0 Å². The Kier molecular flexibility index (Phi) is 7.70. The first-order valence-electron chi connectivity index (χ1n) is 18.9. The first-order chi connectivity index (χ1) is 22.3. The van der Waals surface area contributed by atoms with E-state index in [0.717, 1.165) is 32.1 Å². The van der Waals surface area contributed by atoms with Crippen LogP contribution in [0.1, 0.15) is 105 Å². The van der Waals surface area contributed by atoms with Gasteiger partial charge in [-0.2, -0.15) is 0 Å². The SMILES string of the molecule is COC(=O)OC[C@@H]1C[C@@H](C)[C@H]2[C@H](O1)[C@H](O)[C@@]1(C)[C@@H]3CC[C@H]4C(C)(C)[C@@H](O[C@H]5CN(C(=O)CC6CC6)CCO5)CC[C@@]45C[C@@]35CC[C@]21C. The highest BCUT2D eigenvalue weighted by atomic mass is 16.7. The molecular formula is C38H59NO8. The summed E-state index contributed by atoms with van der Waals surface area (Å²) in [6, 6.07) is 0. The molecule has 9 nitrogen and oxygen atoms in total. The van der Waals surface area contributed by atoms with Crippen LogP contribution in [0.4, 0.5) is 4.79 Å². The zero-order chi connectivity index (χ0) is 33.1. The Bertz CT molecular complexity index is 1270. The summed E-state index contributed by atoms with van der Waals surface area (Å²) in [5.41, 5.74) is 0.343. The molecule has 8 fully saturated rings. The summed E-state index contributed by atoms with van der Waals surface area (Å²) in [5.74, 6) is 2.55. The number of amides is 1. The Balaban J connectivity index is 0.987. The molecule has 6 saturated carbocycles. The number of ether oxygens (including phenoxy) is 5. The molecule has 8 rings (SSSR count). The lowest BCUT2D eigenvalue weighted by Crippen LogP contribution is -2.60. The van der Waals surface area contributed by atoms with E-state index in [1.807, 2.05) is 4.90 Å². The van der Waals surface area contributed by atoms with E-state index in [-0.39, 0.29) is 64.7 Å². The Morgan fingerprint density at radius 1 is 0.979 bits per heavy atom. The molecule has 264 valence electrons.